The molecule has 0 amide bonds. The van der Waals surface area contributed by atoms with Gasteiger partial charge < -0.3 is 9.52 Å². The molecule has 2 N–H and O–H groups in total. The van der Waals surface area contributed by atoms with Crippen molar-refractivity contribution in [3.8, 4) is 0 Å². The second-order valence-electron chi connectivity index (χ2n) is 5.35. The minimum absolute atomic E-state index is 0.0614. The summed E-state index contributed by atoms with van der Waals surface area (Å²) in [5.74, 6) is -1.20. The van der Waals surface area contributed by atoms with Gasteiger partial charge in [0.15, 0.2) is 0 Å². The zero-order valence-corrected chi connectivity index (χ0v) is 15.5. The lowest BCUT2D eigenvalue weighted by Gasteiger charge is -2.09. The lowest BCUT2D eigenvalue weighted by atomic mass is 10.1. The second kappa shape index (κ2) is 7.00. The first-order valence-corrected chi connectivity index (χ1v) is 9.84. The van der Waals surface area contributed by atoms with Gasteiger partial charge in [-0.25, -0.2) is 17.9 Å². The van der Waals surface area contributed by atoms with Crippen molar-refractivity contribution in [3.05, 3.63) is 46.4 Å². The predicted octanol–water partition coefficient (Wildman–Crippen LogP) is 3.10. The van der Waals surface area contributed by atoms with Crippen LogP contribution in [-0.2, 0) is 16.6 Å². The van der Waals surface area contributed by atoms with Crippen molar-refractivity contribution in [2.24, 2.45) is 0 Å². The van der Waals surface area contributed by atoms with E-state index in [9.17, 15) is 18.3 Å². The van der Waals surface area contributed by atoms with Gasteiger partial charge in [-0.2, -0.15) is 0 Å². The molecule has 1 aromatic carbocycles. The van der Waals surface area contributed by atoms with Gasteiger partial charge in [0, 0.05) is 11.4 Å². The van der Waals surface area contributed by atoms with Crippen molar-refractivity contribution in [1.29, 1.82) is 0 Å². The Bertz CT molecular complexity index is 884. The van der Waals surface area contributed by atoms with Crippen LogP contribution in [0.25, 0.3) is 0 Å². The van der Waals surface area contributed by atoms with Gasteiger partial charge in [0.25, 0.3) is 0 Å². The maximum atomic E-state index is 12.5. The summed E-state index contributed by atoms with van der Waals surface area (Å²) in [7, 11) is -4.00. The first-order valence-electron chi connectivity index (χ1n) is 7.14. The molecule has 6 nitrogen and oxygen atoms in total. The van der Waals surface area contributed by atoms with Crippen molar-refractivity contribution >= 4 is 27.8 Å². The van der Waals surface area contributed by atoms with Gasteiger partial charge in [-0.15, -0.1) is 11.8 Å². The molecule has 1 aromatic heterocycles. The van der Waals surface area contributed by atoms with Crippen LogP contribution in [0.3, 0.4) is 0 Å². The van der Waals surface area contributed by atoms with E-state index in [-0.39, 0.29) is 28.5 Å². The average molecular weight is 369 g/mol. The molecule has 0 bridgehead atoms. The van der Waals surface area contributed by atoms with Gasteiger partial charge >= 0.3 is 5.97 Å². The normalized spacial score (nSPS) is 11.7. The number of carbonyl (C=O) groups is 1. The number of carboxylic acid groups (broad SMARTS) is 1. The highest BCUT2D eigenvalue weighted by atomic mass is 32.2. The summed E-state index contributed by atoms with van der Waals surface area (Å²) in [4.78, 5) is 12.1. The van der Waals surface area contributed by atoms with Crippen LogP contribution < -0.4 is 4.72 Å². The number of thioether (sulfide) groups is 1. The first-order chi connectivity index (χ1) is 11.2. The lowest BCUT2D eigenvalue weighted by molar-refractivity contribution is 0.0691. The zero-order chi connectivity index (χ0) is 18.1. The molecule has 0 aliphatic heterocycles. The molecule has 0 saturated heterocycles. The maximum Gasteiger partial charge on any atom is 0.340 e. The lowest BCUT2D eigenvalue weighted by Crippen LogP contribution is -2.25. The fourth-order valence-corrected chi connectivity index (χ4v) is 4.54. The number of hydrogen-bond acceptors (Lipinski definition) is 5. The van der Waals surface area contributed by atoms with Crippen LogP contribution in [0, 0.1) is 20.8 Å². The SMILES string of the molecule is CSc1ccc(CNS(=O)(=O)c2c(C)oc(C)c2C(=O)O)cc1C. The standard InChI is InChI=1S/C16H19NO5S2/c1-9-7-12(5-6-13(9)23-4)8-17-24(20,21)15-11(3)22-10(2)14(15)16(18)19/h5-7,17H,8H2,1-4H3,(H,18,19). The van der Waals surface area contributed by atoms with Crippen molar-refractivity contribution in [2.75, 3.05) is 6.26 Å². The number of sulfonamides is 1. The second-order valence-corrected chi connectivity index (χ2v) is 7.90. The van der Waals surface area contributed by atoms with Crippen LogP contribution in [0.15, 0.2) is 32.4 Å². The number of rotatable bonds is 6. The fraction of sp³-hybridized carbons (Fsp3) is 0.312. The Hall–Kier alpha value is -1.77. The maximum absolute atomic E-state index is 12.5. The van der Waals surface area contributed by atoms with Crippen molar-refractivity contribution in [2.45, 2.75) is 37.1 Å². The Morgan fingerprint density at radius 3 is 2.46 bits per heavy atom. The molecule has 0 unspecified atom stereocenters. The Morgan fingerprint density at radius 2 is 1.92 bits per heavy atom. The summed E-state index contributed by atoms with van der Waals surface area (Å²) in [5, 5.41) is 9.25. The smallest absolute Gasteiger partial charge is 0.340 e. The Morgan fingerprint density at radius 1 is 1.25 bits per heavy atom. The van der Waals surface area contributed by atoms with Crippen molar-refractivity contribution < 1.29 is 22.7 Å². The fourth-order valence-electron chi connectivity index (χ4n) is 2.54. The number of benzene rings is 1. The zero-order valence-electron chi connectivity index (χ0n) is 13.8. The predicted molar refractivity (Wildman–Crippen MR) is 92.1 cm³/mol. The van der Waals surface area contributed by atoms with Crippen LogP contribution in [0.2, 0.25) is 0 Å². The summed E-state index contributed by atoms with van der Waals surface area (Å²) in [6.07, 6.45) is 1.97. The summed E-state index contributed by atoms with van der Waals surface area (Å²) in [5.41, 5.74) is 1.53. The first kappa shape index (κ1) is 18.6. The van der Waals surface area contributed by atoms with Gasteiger partial charge in [0.2, 0.25) is 10.0 Å². The number of aryl methyl sites for hydroxylation is 3. The summed E-state index contributed by atoms with van der Waals surface area (Å²) < 4.78 is 32.7. The van der Waals surface area contributed by atoms with E-state index in [0.29, 0.717) is 0 Å². The van der Waals surface area contributed by atoms with Crippen LogP contribution in [-0.4, -0.2) is 25.7 Å². The van der Waals surface area contributed by atoms with E-state index < -0.39 is 16.0 Å². The minimum Gasteiger partial charge on any atom is -0.478 e. The van der Waals surface area contributed by atoms with E-state index in [4.69, 9.17) is 4.42 Å². The molecule has 0 radical (unpaired) electrons. The van der Waals surface area contributed by atoms with Gasteiger partial charge in [-0.05, 0) is 44.2 Å². The van der Waals surface area contributed by atoms with E-state index in [1.807, 2.05) is 31.4 Å². The van der Waals surface area contributed by atoms with Crippen LogP contribution in [0.1, 0.15) is 33.0 Å². The van der Waals surface area contributed by atoms with Crippen molar-refractivity contribution in [3.63, 3.8) is 0 Å². The Labute approximate surface area is 145 Å². The third kappa shape index (κ3) is 3.66. The monoisotopic (exact) mass is 369 g/mol. The molecular formula is C16H19NO5S2. The van der Waals surface area contributed by atoms with Crippen LogP contribution >= 0.6 is 11.8 Å². The van der Waals surface area contributed by atoms with E-state index in [1.165, 1.54) is 13.8 Å². The topological polar surface area (TPSA) is 96.6 Å². The Balaban J connectivity index is 2.30. The quantitative estimate of drug-likeness (QED) is 0.760. The largest absolute Gasteiger partial charge is 0.478 e. The highest BCUT2D eigenvalue weighted by Crippen LogP contribution is 2.27. The molecule has 0 fully saturated rings. The molecule has 130 valence electrons. The van der Waals surface area contributed by atoms with E-state index in [0.717, 1.165) is 16.0 Å². The summed E-state index contributed by atoms with van der Waals surface area (Å²) in [6, 6.07) is 5.67. The van der Waals surface area contributed by atoms with Crippen LogP contribution in [0.5, 0.6) is 0 Å². The molecule has 2 rings (SSSR count). The molecule has 2 aromatic rings. The van der Waals surface area contributed by atoms with E-state index >= 15 is 0 Å². The molecular weight excluding hydrogens is 350 g/mol. The minimum atomic E-state index is -4.00. The Kier molecular flexibility index (Phi) is 5.42. The van der Waals surface area contributed by atoms with E-state index in [2.05, 4.69) is 4.72 Å². The van der Waals surface area contributed by atoms with Gasteiger partial charge in [0.05, 0.1) is 0 Å². The molecule has 0 spiro atoms. The number of nitrogens with one attached hydrogen (secondary N) is 1. The number of furan rings is 1. The third-order valence-corrected chi connectivity index (χ3v) is 6.06. The summed E-state index contributed by atoms with van der Waals surface area (Å²) in [6.45, 7) is 4.89. The van der Waals surface area contributed by atoms with Gasteiger partial charge in [0.1, 0.15) is 22.0 Å². The van der Waals surface area contributed by atoms with Gasteiger partial charge in [-0.3, -0.25) is 0 Å². The molecule has 8 heteroatoms. The van der Waals surface area contributed by atoms with E-state index in [1.54, 1.807) is 11.8 Å². The molecule has 24 heavy (non-hydrogen) atoms. The molecule has 0 aliphatic rings. The molecule has 0 atom stereocenters. The number of aromatic carboxylic acids is 1. The van der Waals surface area contributed by atoms with Gasteiger partial charge in [-0.1, -0.05) is 12.1 Å². The molecule has 0 aliphatic carbocycles. The third-order valence-electron chi connectivity index (χ3n) is 3.61. The number of carboxylic acids is 1. The molecule has 0 saturated carbocycles. The summed E-state index contributed by atoms with van der Waals surface area (Å²) >= 11 is 1.62. The number of hydrogen-bond donors (Lipinski definition) is 2. The highest BCUT2D eigenvalue weighted by molar-refractivity contribution is 7.98. The highest BCUT2D eigenvalue weighted by Gasteiger charge is 2.30. The average Bonchev–Trinajstić information content (AvgIpc) is 2.80. The molecule has 1 heterocycles. The van der Waals surface area contributed by atoms with Crippen LogP contribution in [0.4, 0.5) is 0 Å². The van der Waals surface area contributed by atoms with Crippen molar-refractivity contribution in [1.82, 2.24) is 4.72 Å².